The van der Waals surface area contributed by atoms with Crippen LogP contribution in [0.25, 0.3) is 32.8 Å². The molecule has 0 spiro atoms. The minimum atomic E-state index is -1.10. The summed E-state index contributed by atoms with van der Waals surface area (Å²) in [7, 11) is 2.01. The van der Waals surface area contributed by atoms with Gasteiger partial charge in [-0.1, -0.05) is 48.5 Å². The van der Waals surface area contributed by atoms with Gasteiger partial charge in [0, 0.05) is 42.0 Å². The molecule has 232 valence electrons. The van der Waals surface area contributed by atoms with Crippen LogP contribution in [0.1, 0.15) is 19.3 Å². The molecule has 0 radical (unpaired) electrons. The molecule has 1 amide bonds. The van der Waals surface area contributed by atoms with E-state index in [1.807, 2.05) is 11.9 Å². The molecular formula is C33H30ClF3N6O2. The Balaban J connectivity index is 1.46. The molecule has 45 heavy (non-hydrogen) atoms. The van der Waals surface area contributed by atoms with Gasteiger partial charge in [-0.3, -0.25) is 4.79 Å². The van der Waals surface area contributed by atoms with Crippen LogP contribution in [0.2, 0.25) is 5.02 Å². The minimum absolute atomic E-state index is 0.00993. The van der Waals surface area contributed by atoms with Gasteiger partial charge in [0.25, 0.3) is 5.91 Å². The van der Waals surface area contributed by atoms with Crippen molar-refractivity contribution in [3.8, 4) is 23.2 Å². The van der Waals surface area contributed by atoms with Crippen LogP contribution in [0.15, 0.2) is 54.9 Å². The lowest BCUT2D eigenvalue weighted by Crippen LogP contribution is -2.55. The fourth-order valence-electron chi connectivity index (χ4n) is 6.28. The van der Waals surface area contributed by atoms with E-state index in [1.165, 1.54) is 11.0 Å². The third kappa shape index (κ3) is 5.76. The number of nitriles is 1. The van der Waals surface area contributed by atoms with Crippen molar-refractivity contribution in [1.82, 2.24) is 19.8 Å². The van der Waals surface area contributed by atoms with Crippen LogP contribution in [-0.4, -0.2) is 77.6 Å². The van der Waals surface area contributed by atoms with Crippen LogP contribution in [-0.2, 0) is 4.79 Å². The minimum Gasteiger partial charge on any atom is -0.462 e. The molecule has 3 heterocycles. The molecule has 2 aliphatic heterocycles. The number of anilines is 1. The summed E-state index contributed by atoms with van der Waals surface area (Å²) in [5.74, 6) is -2.89. The first-order valence-electron chi connectivity index (χ1n) is 14.7. The van der Waals surface area contributed by atoms with E-state index in [0.29, 0.717) is 34.1 Å². The average Bonchev–Trinajstić information content (AvgIpc) is 3.45. The van der Waals surface area contributed by atoms with E-state index in [2.05, 4.69) is 27.5 Å². The van der Waals surface area contributed by atoms with Crippen molar-refractivity contribution in [2.24, 2.45) is 0 Å². The lowest BCUT2D eigenvalue weighted by atomic mass is 9.96. The Labute approximate surface area is 263 Å². The van der Waals surface area contributed by atoms with Crippen molar-refractivity contribution in [3.05, 3.63) is 71.5 Å². The first kappa shape index (κ1) is 30.6. The van der Waals surface area contributed by atoms with Crippen molar-refractivity contribution in [3.63, 3.8) is 0 Å². The molecule has 2 atom stereocenters. The lowest BCUT2D eigenvalue weighted by Gasteiger charge is -2.41. The van der Waals surface area contributed by atoms with Gasteiger partial charge in [0.05, 0.1) is 23.6 Å². The smallest absolute Gasteiger partial charge is 0.319 e. The zero-order valence-corrected chi connectivity index (χ0v) is 25.3. The van der Waals surface area contributed by atoms with Gasteiger partial charge < -0.3 is 19.4 Å². The molecule has 6 rings (SSSR count). The van der Waals surface area contributed by atoms with E-state index in [-0.39, 0.29) is 54.2 Å². The Morgan fingerprint density at radius 1 is 1.11 bits per heavy atom. The number of carbonyl (C=O) groups is 1. The van der Waals surface area contributed by atoms with E-state index in [1.54, 1.807) is 36.4 Å². The van der Waals surface area contributed by atoms with E-state index >= 15 is 4.39 Å². The first-order valence-corrected chi connectivity index (χ1v) is 15.0. The highest BCUT2D eigenvalue weighted by Gasteiger charge is 2.34. The monoisotopic (exact) mass is 634 g/mol. The van der Waals surface area contributed by atoms with Crippen LogP contribution in [0.5, 0.6) is 6.01 Å². The number of amides is 1. The van der Waals surface area contributed by atoms with Crippen molar-refractivity contribution < 1.29 is 22.7 Å². The maximum Gasteiger partial charge on any atom is 0.319 e. The molecule has 2 fully saturated rings. The van der Waals surface area contributed by atoms with Crippen molar-refractivity contribution in [2.75, 3.05) is 44.7 Å². The summed E-state index contributed by atoms with van der Waals surface area (Å²) in [5.41, 5.74) is 0.564. The number of nitrogens with zero attached hydrogens (tertiary/aromatic N) is 6. The van der Waals surface area contributed by atoms with Gasteiger partial charge in [-0.25, -0.2) is 13.2 Å². The Morgan fingerprint density at radius 2 is 1.93 bits per heavy atom. The predicted molar refractivity (Wildman–Crippen MR) is 167 cm³/mol. The summed E-state index contributed by atoms with van der Waals surface area (Å²) in [6.45, 7) is 4.85. The van der Waals surface area contributed by atoms with Crippen LogP contribution < -0.4 is 9.64 Å². The van der Waals surface area contributed by atoms with Crippen molar-refractivity contribution >= 4 is 45.0 Å². The fraction of sp³-hybridized carbons (Fsp3) is 0.333. The number of piperazine rings is 1. The van der Waals surface area contributed by atoms with Crippen LogP contribution in [0.4, 0.5) is 19.0 Å². The third-order valence-corrected chi connectivity index (χ3v) is 9.04. The van der Waals surface area contributed by atoms with E-state index in [9.17, 15) is 18.8 Å². The van der Waals surface area contributed by atoms with Crippen molar-refractivity contribution in [1.29, 1.82) is 5.26 Å². The highest BCUT2D eigenvalue weighted by molar-refractivity contribution is 6.37. The first-order chi connectivity index (χ1) is 21.7. The molecule has 1 aromatic heterocycles. The highest BCUT2D eigenvalue weighted by Crippen LogP contribution is 2.39. The number of hydrogen-bond acceptors (Lipinski definition) is 7. The second-order valence-electron chi connectivity index (χ2n) is 11.4. The third-order valence-electron chi connectivity index (χ3n) is 8.67. The molecule has 0 bridgehead atoms. The summed E-state index contributed by atoms with van der Waals surface area (Å²) in [6.07, 6.45) is 1.93. The molecule has 0 aliphatic carbocycles. The number of benzene rings is 3. The number of likely N-dealkylation sites (tertiary alicyclic amines) is 1. The van der Waals surface area contributed by atoms with Crippen LogP contribution in [0, 0.1) is 23.0 Å². The summed E-state index contributed by atoms with van der Waals surface area (Å²) in [4.78, 5) is 27.0. The summed E-state index contributed by atoms with van der Waals surface area (Å²) >= 11 is 6.38. The van der Waals surface area contributed by atoms with E-state index in [0.717, 1.165) is 19.4 Å². The zero-order chi connectivity index (χ0) is 31.8. The van der Waals surface area contributed by atoms with Crippen molar-refractivity contribution in [2.45, 2.75) is 31.3 Å². The van der Waals surface area contributed by atoms with Gasteiger partial charge in [-0.05, 0) is 49.5 Å². The maximum absolute atomic E-state index is 16.6. The normalized spacial score (nSPS) is 18.8. The summed E-state index contributed by atoms with van der Waals surface area (Å²) in [5, 5.41) is 10.8. The number of halogens is 4. The summed E-state index contributed by atoms with van der Waals surface area (Å²) in [6, 6.07) is 12.9. The topological polar surface area (TPSA) is 85.6 Å². The Bertz CT molecular complexity index is 1860. The number of aromatic nitrogens is 2. The molecule has 0 unspecified atom stereocenters. The Morgan fingerprint density at radius 3 is 2.67 bits per heavy atom. The molecule has 12 heteroatoms. The molecule has 3 aromatic carbocycles. The van der Waals surface area contributed by atoms with E-state index < -0.39 is 29.4 Å². The largest absolute Gasteiger partial charge is 0.462 e. The molecule has 4 aromatic rings. The molecule has 2 aliphatic rings. The number of hydrogen-bond donors (Lipinski definition) is 0. The number of likely N-dealkylation sites (N-methyl/N-ethyl adjacent to an activating group) is 1. The number of carbonyl (C=O) groups excluding carboxylic acids is 1. The summed E-state index contributed by atoms with van der Waals surface area (Å²) < 4.78 is 51.0. The molecule has 0 saturated carbocycles. The van der Waals surface area contributed by atoms with E-state index in [4.69, 9.17) is 16.3 Å². The Kier molecular flexibility index (Phi) is 8.53. The van der Waals surface area contributed by atoms with Gasteiger partial charge in [0.1, 0.15) is 23.8 Å². The molecule has 8 nitrogen and oxygen atoms in total. The van der Waals surface area contributed by atoms with Gasteiger partial charge in [-0.15, -0.1) is 0 Å². The molecule has 0 N–H and O–H groups in total. The quantitative estimate of drug-likeness (QED) is 0.222. The predicted octanol–water partition coefficient (Wildman–Crippen LogP) is 6.27. The maximum atomic E-state index is 16.6. The van der Waals surface area contributed by atoms with Crippen LogP contribution >= 0.6 is 11.6 Å². The number of rotatable bonds is 7. The zero-order valence-electron chi connectivity index (χ0n) is 24.6. The molecular weight excluding hydrogens is 605 g/mol. The fourth-order valence-corrected chi connectivity index (χ4v) is 6.56. The second-order valence-corrected chi connectivity index (χ2v) is 11.7. The Hall–Kier alpha value is -4.40. The lowest BCUT2D eigenvalue weighted by molar-refractivity contribution is -0.131. The van der Waals surface area contributed by atoms with Crippen LogP contribution in [0.3, 0.4) is 0 Å². The number of fused-ring (bicyclic) bond motifs is 2. The average molecular weight is 635 g/mol. The SMILES string of the molecule is C=C(F)C(=O)N1CCN(c2nc(OC[C@@H]3CCCN3C)nc3c(F)c(-c4cccc5ccc(F)c(Cl)c45)ccc23)C[C@@H]1CC#N. The second kappa shape index (κ2) is 12.5. The molecule has 2 saturated heterocycles. The highest BCUT2D eigenvalue weighted by atomic mass is 35.5. The van der Waals surface area contributed by atoms with Gasteiger partial charge in [0.2, 0.25) is 0 Å². The standard InChI is InChI=1S/C33H30ClF3N6O2/c1-19(35)32(44)43-16-15-42(17-21(43)12-13-38)31-25-10-9-24(23-7-3-5-20-8-11-26(36)28(34)27(20)23)29(37)30(25)39-33(40-31)45-18-22-6-4-14-41(22)2/h3,5,7-11,21-22H,1,4,6,12,14-18H2,2H3/t21-,22-/m0/s1. The van der Waals surface area contributed by atoms with Gasteiger partial charge in [-0.2, -0.15) is 15.2 Å². The van der Waals surface area contributed by atoms with Gasteiger partial charge >= 0.3 is 6.01 Å². The van der Waals surface area contributed by atoms with Gasteiger partial charge in [0.15, 0.2) is 11.6 Å². The number of ether oxygens (including phenoxy) is 1.